The van der Waals surface area contributed by atoms with Gasteiger partial charge < -0.3 is 15.2 Å². The summed E-state index contributed by atoms with van der Waals surface area (Å²) < 4.78 is 5.04. The smallest absolute Gasteiger partial charge is 0.315 e. The van der Waals surface area contributed by atoms with Crippen LogP contribution in [0.25, 0.3) is 0 Å². The van der Waals surface area contributed by atoms with Crippen LogP contribution in [0.2, 0.25) is 5.02 Å². The molecule has 1 saturated carbocycles. The molecule has 3 rings (SSSR count). The minimum absolute atomic E-state index is 0.0500. The van der Waals surface area contributed by atoms with Gasteiger partial charge in [-0.2, -0.15) is 4.98 Å². The number of hydrogen-bond acceptors (Lipinski definition) is 7. The predicted molar refractivity (Wildman–Crippen MR) is 103 cm³/mol. The number of nitrogens with zero attached hydrogens (tertiary/aromatic N) is 3. The quantitative estimate of drug-likeness (QED) is 0.397. The number of aromatic nitrogens is 2. The summed E-state index contributed by atoms with van der Waals surface area (Å²) in [6.07, 6.45) is 5.44. The van der Waals surface area contributed by atoms with Crippen LogP contribution in [0.15, 0.2) is 22.7 Å². The standard InChI is InChI=1S/C18H20ClN5O5/c19-13-7-6-12(10-14(13)24(27)28)16(25)20-8-9-21-17(26)18-22-15(23-29-18)11-4-2-1-3-5-11/h6-7,10-11H,1-5,8-9H2,(H,20,25)(H,21,26). The van der Waals surface area contributed by atoms with E-state index in [0.717, 1.165) is 31.7 Å². The van der Waals surface area contributed by atoms with Crippen LogP contribution in [0.4, 0.5) is 5.69 Å². The van der Waals surface area contributed by atoms with E-state index in [1.54, 1.807) is 0 Å². The van der Waals surface area contributed by atoms with Crippen LogP contribution in [-0.4, -0.2) is 40.0 Å². The summed E-state index contributed by atoms with van der Waals surface area (Å²) in [5.74, 6) is -0.346. The molecule has 0 atom stereocenters. The topological polar surface area (TPSA) is 140 Å². The third-order valence-electron chi connectivity index (χ3n) is 4.71. The van der Waals surface area contributed by atoms with Crippen molar-refractivity contribution < 1.29 is 19.0 Å². The molecule has 1 fully saturated rings. The lowest BCUT2D eigenvalue weighted by Gasteiger charge is -2.17. The van der Waals surface area contributed by atoms with Crippen LogP contribution in [0, 0.1) is 10.1 Å². The van der Waals surface area contributed by atoms with Gasteiger partial charge in [0.2, 0.25) is 0 Å². The van der Waals surface area contributed by atoms with Crippen LogP contribution in [0.5, 0.6) is 0 Å². The SMILES string of the molecule is O=C(NCCNC(=O)c1nc(C2CCCCC2)no1)c1ccc(Cl)c([N+](=O)[O-])c1. The van der Waals surface area contributed by atoms with Gasteiger partial charge in [0.1, 0.15) is 5.02 Å². The molecule has 0 saturated heterocycles. The molecule has 10 nitrogen and oxygen atoms in total. The Hall–Kier alpha value is -3.01. The molecule has 29 heavy (non-hydrogen) atoms. The molecule has 0 radical (unpaired) electrons. The molecule has 2 N–H and O–H groups in total. The molecule has 1 aromatic carbocycles. The van der Waals surface area contributed by atoms with E-state index < -0.39 is 16.7 Å². The highest BCUT2D eigenvalue weighted by Crippen LogP contribution is 2.30. The minimum Gasteiger partial charge on any atom is -0.350 e. The molecule has 0 bridgehead atoms. The molecule has 0 aliphatic heterocycles. The van der Waals surface area contributed by atoms with Crippen LogP contribution in [-0.2, 0) is 0 Å². The average Bonchev–Trinajstić information content (AvgIpc) is 3.22. The lowest BCUT2D eigenvalue weighted by atomic mass is 9.89. The second kappa shape index (κ2) is 9.46. The van der Waals surface area contributed by atoms with Gasteiger partial charge in [0, 0.05) is 30.6 Å². The van der Waals surface area contributed by atoms with E-state index in [-0.39, 0.29) is 41.2 Å². The van der Waals surface area contributed by atoms with Crippen molar-refractivity contribution in [3.63, 3.8) is 0 Å². The third kappa shape index (κ3) is 5.29. The van der Waals surface area contributed by atoms with Gasteiger partial charge in [-0.25, -0.2) is 0 Å². The predicted octanol–water partition coefficient (Wildman–Crippen LogP) is 2.84. The molecular weight excluding hydrogens is 402 g/mol. The fourth-order valence-electron chi connectivity index (χ4n) is 3.18. The number of nitro groups is 1. The number of nitrogens with one attached hydrogen (secondary N) is 2. The molecule has 1 aliphatic carbocycles. The fraction of sp³-hybridized carbons (Fsp3) is 0.444. The van der Waals surface area contributed by atoms with Gasteiger partial charge in [0.15, 0.2) is 5.82 Å². The van der Waals surface area contributed by atoms with Crippen molar-refractivity contribution in [3.05, 3.63) is 50.6 Å². The lowest BCUT2D eigenvalue weighted by Crippen LogP contribution is -2.34. The van der Waals surface area contributed by atoms with E-state index in [2.05, 4.69) is 20.8 Å². The van der Waals surface area contributed by atoms with Crippen molar-refractivity contribution in [2.45, 2.75) is 38.0 Å². The van der Waals surface area contributed by atoms with Gasteiger partial charge in [-0.3, -0.25) is 19.7 Å². The number of carbonyl (C=O) groups excluding carboxylic acids is 2. The number of carbonyl (C=O) groups is 2. The van der Waals surface area contributed by atoms with Crippen molar-refractivity contribution in [1.29, 1.82) is 0 Å². The molecule has 0 unspecified atom stereocenters. The van der Waals surface area contributed by atoms with Crippen LogP contribution in [0.1, 0.15) is 64.9 Å². The number of halogens is 1. The maximum atomic E-state index is 12.1. The Balaban J connectivity index is 1.46. The largest absolute Gasteiger partial charge is 0.350 e. The average molecular weight is 422 g/mol. The first-order chi connectivity index (χ1) is 14.0. The van der Waals surface area contributed by atoms with E-state index in [0.29, 0.717) is 5.82 Å². The first-order valence-electron chi connectivity index (χ1n) is 9.29. The first kappa shape index (κ1) is 20.7. The summed E-state index contributed by atoms with van der Waals surface area (Å²) in [6.45, 7) is 0.242. The van der Waals surface area contributed by atoms with E-state index in [4.69, 9.17) is 16.1 Å². The van der Waals surface area contributed by atoms with Crippen LogP contribution >= 0.6 is 11.6 Å². The number of benzene rings is 1. The molecule has 154 valence electrons. The molecule has 1 aromatic heterocycles. The monoisotopic (exact) mass is 421 g/mol. The zero-order valence-electron chi connectivity index (χ0n) is 15.5. The van der Waals surface area contributed by atoms with E-state index in [1.807, 2.05) is 0 Å². The summed E-state index contributed by atoms with van der Waals surface area (Å²) in [6, 6.07) is 3.77. The van der Waals surface area contributed by atoms with E-state index in [1.165, 1.54) is 18.6 Å². The molecule has 2 aromatic rings. The number of hydrogen-bond donors (Lipinski definition) is 2. The minimum atomic E-state index is -0.661. The van der Waals surface area contributed by atoms with E-state index in [9.17, 15) is 19.7 Å². The Bertz CT molecular complexity index is 910. The third-order valence-corrected chi connectivity index (χ3v) is 5.03. The van der Waals surface area contributed by atoms with E-state index >= 15 is 0 Å². The summed E-state index contributed by atoms with van der Waals surface area (Å²) in [7, 11) is 0. The molecular formula is C18H20ClN5O5. The number of amides is 2. The molecule has 1 aliphatic rings. The molecule has 2 amide bonds. The van der Waals surface area contributed by atoms with Crippen molar-refractivity contribution in [2.24, 2.45) is 0 Å². The van der Waals surface area contributed by atoms with Gasteiger partial charge in [-0.05, 0) is 25.0 Å². The summed E-state index contributed by atoms with van der Waals surface area (Å²) in [5.41, 5.74) is -0.251. The summed E-state index contributed by atoms with van der Waals surface area (Å²) >= 11 is 5.73. The molecule has 11 heteroatoms. The summed E-state index contributed by atoms with van der Waals surface area (Å²) in [5, 5.41) is 19.9. The maximum absolute atomic E-state index is 12.1. The Kier molecular flexibility index (Phi) is 6.76. The van der Waals surface area contributed by atoms with Gasteiger partial charge >= 0.3 is 11.8 Å². The maximum Gasteiger partial charge on any atom is 0.315 e. The first-order valence-corrected chi connectivity index (χ1v) is 9.67. The van der Waals surface area contributed by atoms with Crippen molar-refractivity contribution in [1.82, 2.24) is 20.8 Å². The zero-order valence-corrected chi connectivity index (χ0v) is 16.3. The highest BCUT2D eigenvalue weighted by Gasteiger charge is 2.23. The van der Waals surface area contributed by atoms with Crippen molar-refractivity contribution in [2.75, 3.05) is 13.1 Å². The second-order valence-electron chi connectivity index (χ2n) is 6.73. The van der Waals surface area contributed by atoms with Crippen molar-refractivity contribution >= 4 is 29.1 Å². The second-order valence-corrected chi connectivity index (χ2v) is 7.13. The Morgan fingerprint density at radius 3 is 2.55 bits per heavy atom. The molecule has 0 spiro atoms. The Morgan fingerprint density at radius 1 is 1.17 bits per heavy atom. The van der Waals surface area contributed by atoms with Crippen molar-refractivity contribution in [3.8, 4) is 0 Å². The highest BCUT2D eigenvalue weighted by molar-refractivity contribution is 6.32. The summed E-state index contributed by atoms with van der Waals surface area (Å²) in [4.78, 5) is 38.6. The van der Waals surface area contributed by atoms with Crippen LogP contribution < -0.4 is 10.6 Å². The fourth-order valence-corrected chi connectivity index (χ4v) is 3.36. The van der Waals surface area contributed by atoms with Gasteiger partial charge in [-0.1, -0.05) is 36.0 Å². The number of nitro benzene ring substituents is 1. The van der Waals surface area contributed by atoms with Gasteiger partial charge in [0.25, 0.3) is 11.6 Å². The Morgan fingerprint density at radius 2 is 1.86 bits per heavy atom. The molecule has 1 heterocycles. The zero-order chi connectivity index (χ0) is 20.8. The van der Waals surface area contributed by atoms with Gasteiger partial charge in [-0.15, -0.1) is 0 Å². The van der Waals surface area contributed by atoms with Crippen LogP contribution in [0.3, 0.4) is 0 Å². The number of rotatable bonds is 7. The lowest BCUT2D eigenvalue weighted by molar-refractivity contribution is -0.384. The highest BCUT2D eigenvalue weighted by atomic mass is 35.5. The normalized spacial score (nSPS) is 14.4. The Labute approximate surface area is 171 Å². The van der Waals surface area contributed by atoms with Gasteiger partial charge in [0.05, 0.1) is 4.92 Å².